The Balaban J connectivity index is 2.07. The van der Waals surface area contributed by atoms with Crippen molar-refractivity contribution in [1.29, 1.82) is 5.26 Å². The van der Waals surface area contributed by atoms with Gasteiger partial charge in [0.25, 0.3) is 0 Å². The summed E-state index contributed by atoms with van der Waals surface area (Å²) in [5.41, 5.74) is 9.14. The van der Waals surface area contributed by atoms with Gasteiger partial charge in [-0.25, -0.2) is 19.9 Å². The molecule has 21 heavy (non-hydrogen) atoms. The zero-order valence-corrected chi connectivity index (χ0v) is 12.2. The molecule has 7 nitrogen and oxygen atoms in total. The van der Waals surface area contributed by atoms with E-state index in [0.717, 1.165) is 11.3 Å². The van der Waals surface area contributed by atoms with Crippen molar-refractivity contribution >= 4 is 28.7 Å². The number of aryl methyl sites for hydroxylation is 2. The van der Waals surface area contributed by atoms with Gasteiger partial charge in [-0.1, -0.05) is 0 Å². The number of rotatable bonds is 2. The minimum absolute atomic E-state index is 0.341. The molecule has 0 fully saturated rings. The number of H-pyrrole nitrogens is 1. The van der Waals surface area contributed by atoms with Crippen LogP contribution in [0.3, 0.4) is 0 Å². The van der Waals surface area contributed by atoms with Gasteiger partial charge in [-0.3, -0.25) is 0 Å². The Morgan fingerprint density at radius 2 is 2.10 bits per heavy atom. The molecule has 0 saturated heterocycles. The van der Waals surface area contributed by atoms with E-state index in [4.69, 9.17) is 5.73 Å². The van der Waals surface area contributed by atoms with Crippen molar-refractivity contribution in [3.63, 3.8) is 0 Å². The molecule has 104 valence electrons. The van der Waals surface area contributed by atoms with Gasteiger partial charge in [0, 0.05) is 5.69 Å². The molecule has 0 unspecified atom stereocenters. The summed E-state index contributed by atoms with van der Waals surface area (Å²) in [6.45, 7) is 3.78. The molecule has 0 bridgehead atoms. The molecule has 3 aromatic rings. The highest BCUT2D eigenvalue weighted by Crippen LogP contribution is 2.30. The second kappa shape index (κ2) is 5.03. The zero-order chi connectivity index (χ0) is 15.0. The van der Waals surface area contributed by atoms with Crippen LogP contribution in [0.25, 0.3) is 11.2 Å². The molecule has 0 saturated carbocycles. The predicted molar refractivity (Wildman–Crippen MR) is 78.6 cm³/mol. The van der Waals surface area contributed by atoms with Crippen LogP contribution < -0.4 is 5.73 Å². The Morgan fingerprint density at radius 3 is 2.81 bits per heavy atom. The lowest BCUT2D eigenvalue weighted by atomic mass is 10.1. The molecule has 0 aliphatic rings. The van der Waals surface area contributed by atoms with Crippen molar-refractivity contribution in [2.75, 3.05) is 5.73 Å². The summed E-state index contributed by atoms with van der Waals surface area (Å²) in [5, 5.41) is 10.5. The highest BCUT2D eigenvalue weighted by molar-refractivity contribution is 7.99. The van der Waals surface area contributed by atoms with E-state index < -0.39 is 0 Å². The van der Waals surface area contributed by atoms with Crippen LogP contribution in [0, 0.1) is 25.2 Å². The number of nitrogens with zero attached hydrogens (tertiary/aromatic N) is 5. The smallest absolute Gasteiger partial charge is 0.183 e. The molecular weight excluding hydrogens is 286 g/mol. The van der Waals surface area contributed by atoms with Gasteiger partial charge in [0.1, 0.15) is 22.9 Å². The number of nitrogens with one attached hydrogen (secondary N) is 1. The fourth-order valence-electron chi connectivity index (χ4n) is 1.98. The van der Waals surface area contributed by atoms with Gasteiger partial charge in [-0.05, 0) is 37.2 Å². The minimum atomic E-state index is 0.341. The average Bonchev–Trinajstić information content (AvgIpc) is 2.82. The Kier molecular flexibility index (Phi) is 3.19. The van der Waals surface area contributed by atoms with Crippen molar-refractivity contribution < 1.29 is 0 Å². The van der Waals surface area contributed by atoms with Crippen LogP contribution in [0.5, 0.6) is 0 Å². The lowest BCUT2D eigenvalue weighted by Gasteiger charge is -2.05. The summed E-state index contributed by atoms with van der Waals surface area (Å²) in [6.07, 6.45) is 1.36. The number of aromatic amines is 1. The van der Waals surface area contributed by atoms with Gasteiger partial charge in [0.05, 0.1) is 5.56 Å². The van der Waals surface area contributed by atoms with Crippen molar-refractivity contribution in [3.8, 4) is 6.07 Å². The molecule has 8 heteroatoms. The van der Waals surface area contributed by atoms with Crippen molar-refractivity contribution in [1.82, 2.24) is 24.9 Å². The zero-order valence-electron chi connectivity index (χ0n) is 11.4. The van der Waals surface area contributed by atoms with Crippen LogP contribution in [0.4, 0.5) is 5.82 Å². The van der Waals surface area contributed by atoms with Gasteiger partial charge in [-0.15, -0.1) is 0 Å². The number of aromatic nitrogens is 5. The number of fused-ring (bicyclic) bond motifs is 1. The minimum Gasteiger partial charge on any atom is -0.382 e. The molecule has 3 heterocycles. The summed E-state index contributed by atoms with van der Waals surface area (Å²) >= 11 is 1.28. The van der Waals surface area contributed by atoms with E-state index in [9.17, 15) is 5.26 Å². The van der Waals surface area contributed by atoms with E-state index >= 15 is 0 Å². The van der Waals surface area contributed by atoms with Gasteiger partial charge in [-0.2, -0.15) is 5.26 Å². The molecule has 0 aliphatic carbocycles. The third kappa shape index (κ3) is 2.39. The van der Waals surface area contributed by atoms with Crippen LogP contribution in [0.1, 0.15) is 16.8 Å². The summed E-state index contributed by atoms with van der Waals surface area (Å²) in [6, 6.07) is 4.06. The molecule has 3 rings (SSSR count). The largest absolute Gasteiger partial charge is 0.382 e. The average molecular weight is 297 g/mol. The maximum absolute atomic E-state index is 9.28. The Morgan fingerprint density at radius 1 is 1.29 bits per heavy atom. The molecule has 0 radical (unpaired) electrons. The summed E-state index contributed by atoms with van der Waals surface area (Å²) in [7, 11) is 0. The molecule has 3 N–H and O–H groups in total. The normalized spacial score (nSPS) is 10.7. The fraction of sp³-hybridized carbons (Fsp3) is 0.154. The molecule has 0 aliphatic heterocycles. The summed E-state index contributed by atoms with van der Waals surface area (Å²) in [5.74, 6) is 0.341. The monoisotopic (exact) mass is 297 g/mol. The Hall–Kier alpha value is -2.66. The Bertz CT molecular complexity index is 878. The van der Waals surface area contributed by atoms with Crippen molar-refractivity contribution in [2.45, 2.75) is 24.0 Å². The number of hydrogen-bond acceptors (Lipinski definition) is 7. The van der Waals surface area contributed by atoms with E-state index in [1.807, 2.05) is 19.9 Å². The van der Waals surface area contributed by atoms with Crippen LogP contribution in [0.15, 0.2) is 22.6 Å². The van der Waals surface area contributed by atoms with E-state index in [1.165, 1.54) is 18.1 Å². The van der Waals surface area contributed by atoms with E-state index in [0.29, 0.717) is 32.7 Å². The number of hydrogen-bond donors (Lipinski definition) is 2. The molecule has 3 aromatic heterocycles. The van der Waals surface area contributed by atoms with Gasteiger partial charge >= 0.3 is 0 Å². The molecule has 0 atom stereocenters. The van der Waals surface area contributed by atoms with Crippen molar-refractivity contribution in [3.05, 3.63) is 29.2 Å². The second-order valence-corrected chi connectivity index (χ2v) is 5.45. The Labute approximate surface area is 124 Å². The van der Waals surface area contributed by atoms with E-state index in [1.54, 1.807) is 0 Å². The number of imidazole rings is 1. The first-order valence-corrected chi connectivity index (χ1v) is 6.92. The maximum atomic E-state index is 9.28. The standard InChI is InChI=1S/C13H11N7S/c1-6-3-7(2)18-12(8(6)4-14)21-13-19-9-10(15)16-5-17-11(9)20-13/h3,5H,1-2H3,(H3,15,16,17,19,20). The number of nitriles is 1. The van der Waals surface area contributed by atoms with Crippen molar-refractivity contribution in [2.24, 2.45) is 0 Å². The molecule has 0 amide bonds. The predicted octanol–water partition coefficient (Wildman–Crippen LogP) is 1.97. The van der Waals surface area contributed by atoms with Crippen LogP contribution >= 0.6 is 11.8 Å². The molecular formula is C13H11N7S. The number of nitrogen functional groups attached to an aromatic ring is 1. The highest BCUT2D eigenvalue weighted by Gasteiger charge is 2.14. The first-order valence-electron chi connectivity index (χ1n) is 6.11. The van der Waals surface area contributed by atoms with Gasteiger partial charge in [0.2, 0.25) is 0 Å². The van der Waals surface area contributed by atoms with Crippen LogP contribution in [-0.2, 0) is 0 Å². The number of pyridine rings is 1. The van der Waals surface area contributed by atoms with E-state index in [2.05, 4.69) is 31.0 Å². The highest BCUT2D eigenvalue weighted by atomic mass is 32.2. The lowest BCUT2D eigenvalue weighted by Crippen LogP contribution is -1.94. The molecule has 0 spiro atoms. The summed E-state index contributed by atoms with van der Waals surface area (Å²) < 4.78 is 0. The lowest BCUT2D eigenvalue weighted by molar-refractivity contribution is 1.01. The topological polar surface area (TPSA) is 117 Å². The molecule has 0 aromatic carbocycles. The fourth-order valence-corrected chi connectivity index (χ4v) is 2.94. The summed E-state index contributed by atoms with van der Waals surface area (Å²) in [4.78, 5) is 19.7. The third-order valence-electron chi connectivity index (χ3n) is 2.91. The maximum Gasteiger partial charge on any atom is 0.183 e. The third-order valence-corrected chi connectivity index (χ3v) is 3.79. The van der Waals surface area contributed by atoms with Crippen LogP contribution in [0.2, 0.25) is 0 Å². The van der Waals surface area contributed by atoms with E-state index in [-0.39, 0.29) is 0 Å². The van der Waals surface area contributed by atoms with Gasteiger partial charge < -0.3 is 10.7 Å². The number of nitrogens with two attached hydrogens (primary N) is 1. The van der Waals surface area contributed by atoms with Gasteiger partial charge in [0.15, 0.2) is 16.6 Å². The van der Waals surface area contributed by atoms with Crippen LogP contribution in [-0.4, -0.2) is 24.9 Å². The SMILES string of the molecule is Cc1cc(C)c(C#N)c(Sc2nc3ncnc(N)c3[nH]2)n1. The number of anilines is 1. The first-order chi connectivity index (χ1) is 10.1. The first kappa shape index (κ1) is 13.3. The quantitative estimate of drug-likeness (QED) is 0.742. The second-order valence-electron chi connectivity index (χ2n) is 4.47.